The topological polar surface area (TPSA) is 30.5 Å². The summed E-state index contributed by atoms with van der Waals surface area (Å²) in [5, 5.41) is 3.49. The molecule has 1 saturated heterocycles. The highest BCUT2D eigenvalue weighted by Crippen LogP contribution is 2.28. The molecule has 1 aliphatic heterocycles. The van der Waals surface area contributed by atoms with Crippen LogP contribution in [0.3, 0.4) is 0 Å². The number of hydrogen-bond donors (Lipinski definition) is 1. The maximum absolute atomic E-state index is 5.51. The molecule has 16 heavy (non-hydrogen) atoms. The monoisotopic (exact) mass is 229 g/mol. The largest absolute Gasteiger partial charge is 0.381 e. The summed E-state index contributed by atoms with van der Waals surface area (Å²) in [7, 11) is 0. The van der Waals surface area contributed by atoms with E-state index in [4.69, 9.17) is 9.47 Å². The molecule has 0 bridgehead atoms. The summed E-state index contributed by atoms with van der Waals surface area (Å²) in [4.78, 5) is 0. The Morgan fingerprint density at radius 2 is 2.00 bits per heavy atom. The fourth-order valence-corrected chi connectivity index (χ4v) is 1.92. The van der Waals surface area contributed by atoms with E-state index in [9.17, 15) is 0 Å². The Balaban J connectivity index is 1.93. The van der Waals surface area contributed by atoms with E-state index in [1.165, 1.54) is 25.7 Å². The van der Waals surface area contributed by atoms with Crippen molar-refractivity contribution < 1.29 is 9.47 Å². The van der Waals surface area contributed by atoms with Gasteiger partial charge in [0.15, 0.2) is 0 Å². The molecule has 0 saturated carbocycles. The standard InChI is InChI=1S/C13H27NO2/c1-3-4-8-15-11-7-14-12-13(2)5-9-16-10-6-13/h14H,3-12H2,1-2H3. The van der Waals surface area contributed by atoms with E-state index in [1.54, 1.807) is 0 Å². The van der Waals surface area contributed by atoms with E-state index < -0.39 is 0 Å². The molecule has 3 heteroatoms. The second-order valence-electron chi connectivity index (χ2n) is 5.07. The first-order chi connectivity index (χ1) is 7.77. The molecule has 1 aliphatic rings. The van der Waals surface area contributed by atoms with Gasteiger partial charge in [-0.05, 0) is 24.7 Å². The fraction of sp³-hybridized carbons (Fsp3) is 1.00. The summed E-state index contributed by atoms with van der Waals surface area (Å²) < 4.78 is 10.9. The summed E-state index contributed by atoms with van der Waals surface area (Å²) >= 11 is 0. The molecule has 0 aromatic heterocycles. The van der Waals surface area contributed by atoms with Gasteiger partial charge in [0.2, 0.25) is 0 Å². The van der Waals surface area contributed by atoms with Gasteiger partial charge in [-0.15, -0.1) is 0 Å². The summed E-state index contributed by atoms with van der Waals surface area (Å²) in [5.74, 6) is 0. The zero-order valence-electron chi connectivity index (χ0n) is 10.9. The normalized spacial score (nSPS) is 19.9. The van der Waals surface area contributed by atoms with Crippen LogP contribution in [0, 0.1) is 5.41 Å². The van der Waals surface area contributed by atoms with Crippen molar-refractivity contribution in [3.05, 3.63) is 0 Å². The Morgan fingerprint density at radius 3 is 2.69 bits per heavy atom. The van der Waals surface area contributed by atoms with Crippen molar-refractivity contribution in [2.75, 3.05) is 39.5 Å². The molecule has 96 valence electrons. The average molecular weight is 229 g/mol. The summed E-state index contributed by atoms with van der Waals surface area (Å²) in [6.45, 7) is 10.2. The molecule has 1 fully saturated rings. The minimum absolute atomic E-state index is 0.432. The number of rotatable bonds is 8. The van der Waals surface area contributed by atoms with Gasteiger partial charge in [-0.3, -0.25) is 0 Å². The molecular formula is C13H27NO2. The van der Waals surface area contributed by atoms with Crippen molar-refractivity contribution >= 4 is 0 Å². The van der Waals surface area contributed by atoms with Crippen molar-refractivity contribution in [3.8, 4) is 0 Å². The number of unbranched alkanes of at least 4 members (excludes halogenated alkanes) is 1. The highest BCUT2D eigenvalue weighted by molar-refractivity contribution is 4.79. The molecule has 3 nitrogen and oxygen atoms in total. The van der Waals surface area contributed by atoms with Gasteiger partial charge in [-0.25, -0.2) is 0 Å². The maximum atomic E-state index is 5.51. The van der Waals surface area contributed by atoms with Gasteiger partial charge >= 0.3 is 0 Å². The summed E-state index contributed by atoms with van der Waals surface area (Å²) in [5.41, 5.74) is 0.432. The molecular weight excluding hydrogens is 202 g/mol. The van der Waals surface area contributed by atoms with Crippen molar-refractivity contribution in [2.45, 2.75) is 39.5 Å². The Hall–Kier alpha value is -0.120. The van der Waals surface area contributed by atoms with Crippen molar-refractivity contribution in [1.82, 2.24) is 5.32 Å². The molecule has 0 aromatic carbocycles. The van der Waals surface area contributed by atoms with Crippen LogP contribution in [0.15, 0.2) is 0 Å². The zero-order chi connectivity index (χ0) is 11.7. The third kappa shape index (κ3) is 5.83. The van der Waals surface area contributed by atoms with Gasteiger partial charge in [-0.2, -0.15) is 0 Å². The van der Waals surface area contributed by atoms with E-state index in [1.807, 2.05) is 0 Å². The predicted molar refractivity (Wildman–Crippen MR) is 66.8 cm³/mol. The highest BCUT2D eigenvalue weighted by Gasteiger charge is 2.26. The molecule has 1 rings (SSSR count). The Labute approximate surface area is 99.9 Å². The lowest BCUT2D eigenvalue weighted by atomic mass is 9.82. The van der Waals surface area contributed by atoms with Crippen LogP contribution in [0.2, 0.25) is 0 Å². The molecule has 1 N–H and O–H groups in total. The lowest BCUT2D eigenvalue weighted by molar-refractivity contribution is 0.0231. The van der Waals surface area contributed by atoms with Gasteiger partial charge < -0.3 is 14.8 Å². The summed E-state index contributed by atoms with van der Waals surface area (Å²) in [6.07, 6.45) is 4.74. The second-order valence-corrected chi connectivity index (χ2v) is 5.07. The van der Waals surface area contributed by atoms with Crippen molar-refractivity contribution in [1.29, 1.82) is 0 Å². The number of hydrogen-bond acceptors (Lipinski definition) is 3. The third-order valence-corrected chi connectivity index (χ3v) is 3.32. The maximum Gasteiger partial charge on any atom is 0.0590 e. The van der Waals surface area contributed by atoms with Gasteiger partial charge in [-0.1, -0.05) is 20.3 Å². The molecule has 0 aliphatic carbocycles. The van der Waals surface area contributed by atoms with Gasteiger partial charge in [0.25, 0.3) is 0 Å². The van der Waals surface area contributed by atoms with E-state index >= 15 is 0 Å². The number of ether oxygens (including phenoxy) is 2. The van der Waals surface area contributed by atoms with Crippen LogP contribution in [-0.4, -0.2) is 39.5 Å². The summed E-state index contributed by atoms with van der Waals surface area (Å²) in [6, 6.07) is 0. The fourth-order valence-electron chi connectivity index (χ4n) is 1.92. The molecule has 0 radical (unpaired) electrons. The van der Waals surface area contributed by atoms with Crippen LogP contribution in [0.1, 0.15) is 39.5 Å². The lowest BCUT2D eigenvalue weighted by Crippen LogP contribution is -2.37. The first kappa shape index (κ1) is 13.9. The molecule has 0 amide bonds. The lowest BCUT2D eigenvalue weighted by Gasteiger charge is -2.33. The SMILES string of the molecule is CCCCOCCNCC1(C)CCOCC1. The van der Waals surface area contributed by atoms with Gasteiger partial charge in [0.05, 0.1) is 6.61 Å². The van der Waals surface area contributed by atoms with Crippen LogP contribution in [0.5, 0.6) is 0 Å². The van der Waals surface area contributed by atoms with Crippen molar-refractivity contribution in [3.63, 3.8) is 0 Å². The first-order valence-electron chi connectivity index (χ1n) is 6.63. The Morgan fingerprint density at radius 1 is 1.25 bits per heavy atom. The van der Waals surface area contributed by atoms with E-state index in [2.05, 4.69) is 19.2 Å². The highest BCUT2D eigenvalue weighted by atomic mass is 16.5. The molecule has 0 unspecified atom stereocenters. The Kier molecular flexibility index (Phi) is 7.01. The van der Waals surface area contributed by atoms with Crippen LogP contribution in [-0.2, 0) is 9.47 Å². The Bertz CT molecular complexity index is 167. The molecule has 1 heterocycles. The second kappa shape index (κ2) is 8.04. The van der Waals surface area contributed by atoms with E-state index in [0.29, 0.717) is 5.41 Å². The smallest absolute Gasteiger partial charge is 0.0590 e. The number of nitrogens with one attached hydrogen (secondary N) is 1. The van der Waals surface area contributed by atoms with Crippen molar-refractivity contribution in [2.24, 2.45) is 5.41 Å². The molecule has 0 aromatic rings. The van der Waals surface area contributed by atoms with Crippen LogP contribution in [0.25, 0.3) is 0 Å². The minimum atomic E-state index is 0.432. The van der Waals surface area contributed by atoms with E-state index in [-0.39, 0.29) is 0 Å². The van der Waals surface area contributed by atoms with Gasteiger partial charge in [0.1, 0.15) is 0 Å². The van der Waals surface area contributed by atoms with Crippen LogP contribution in [0.4, 0.5) is 0 Å². The quantitative estimate of drug-likeness (QED) is 0.647. The third-order valence-electron chi connectivity index (χ3n) is 3.32. The van der Waals surface area contributed by atoms with Gasteiger partial charge in [0, 0.05) is 32.9 Å². The first-order valence-corrected chi connectivity index (χ1v) is 6.63. The minimum Gasteiger partial charge on any atom is -0.381 e. The molecule has 0 atom stereocenters. The predicted octanol–water partition coefficient (Wildman–Crippen LogP) is 2.21. The average Bonchev–Trinajstić information content (AvgIpc) is 2.29. The van der Waals surface area contributed by atoms with Crippen LogP contribution < -0.4 is 5.32 Å². The van der Waals surface area contributed by atoms with E-state index in [0.717, 1.165) is 39.5 Å². The van der Waals surface area contributed by atoms with Crippen LogP contribution >= 0.6 is 0 Å². The molecule has 0 spiro atoms. The zero-order valence-corrected chi connectivity index (χ0v) is 10.9.